The second kappa shape index (κ2) is 5.56. The normalized spacial score (nSPS) is 10.1. The highest BCUT2D eigenvalue weighted by Gasteiger charge is 2.05. The number of ether oxygens (including phenoxy) is 1. The van der Waals surface area contributed by atoms with Gasteiger partial charge in [-0.2, -0.15) is 0 Å². The molecule has 0 heterocycles. The summed E-state index contributed by atoms with van der Waals surface area (Å²) in [6, 6.07) is 15.3. The number of rotatable bonds is 4. The van der Waals surface area contributed by atoms with Gasteiger partial charge >= 0.3 is 0 Å². The van der Waals surface area contributed by atoms with Crippen LogP contribution in [0.4, 0.5) is 0 Å². The van der Waals surface area contributed by atoms with Gasteiger partial charge in [-0.3, -0.25) is 4.79 Å². The summed E-state index contributed by atoms with van der Waals surface area (Å²) in [5.41, 5.74) is 7.07. The van der Waals surface area contributed by atoms with E-state index in [-0.39, 0.29) is 6.61 Å². The fourth-order valence-electron chi connectivity index (χ4n) is 1.58. The fourth-order valence-corrected chi connectivity index (χ4v) is 1.81. The van der Waals surface area contributed by atoms with E-state index in [4.69, 9.17) is 22.1 Å². The maximum atomic E-state index is 10.6. The summed E-state index contributed by atoms with van der Waals surface area (Å²) in [4.78, 5) is 10.6. The van der Waals surface area contributed by atoms with Gasteiger partial charge in [0.1, 0.15) is 5.75 Å². The molecular weight excluding hydrogens is 250 g/mol. The fraction of sp³-hybridized carbons (Fsp3) is 0.0714. The quantitative estimate of drug-likeness (QED) is 0.920. The third-order valence-electron chi connectivity index (χ3n) is 2.41. The predicted octanol–water partition coefficient (Wildman–Crippen LogP) is 2.87. The molecule has 2 aromatic carbocycles. The average Bonchev–Trinajstić information content (AvgIpc) is 2.38. The number of carbonyl (C=O) groups is 1. The highest BCUT2D eigenvalue weighted by molar-refractivity contribution is 6.32. The van der Waals surface area contributed by atoms with Crippen LogP contribution >= 0.6 is 11.6 Å². The average molecular weight is 262 g/mol. The van der Waals surface area contributed by atoms with Crippen molar-refractivity contribution >= 4 is 17.5 Å². The molecule has 92 valence electrons. The van der Waals surface area contributed by atoms with Crippen LogP contribution in [0.25, 0.3) is 11.1 Å². The Morgan fingerprint density at radius 3 is 2.44 bits per heavy atom. The standard InChI is InChI=1S/C14H12ClNO2/c15-12-8-11(10-4-2-1-3-5-10)6-7-13(12)18-9-14(16)17/h1-8H,9H2,(H2,16,17). The minimum Gasteiger partial charge on any atom is -0.482 e. The lowest BCUT2D eigenvalue weighted by Gasteiger charge is -2.08. The zero-order valence-electron chi connectivity index (χ0n) is 9.60. The minimum atomic E-state index is -0.529. The monoisotopic (exact) mass is 261 g/mol. The van der Waals surface area contributed by atoms with Gasteiger partial charge in [-0.05, 0) is 23.3 Å². The number of halogens is 1. The molecule has 0 aliphatic carbocycles. The summed E-state index contributed by atoms with van der Waals surface area (Å²) in [5, 5.41) is 0.456. The zero-order valence-corrected chi connectivity index (χ0v) is 10.4. The van der Waals surface area contributed by atoms with Gasteiger partial charge in [0.2, 0.25) is 0 Å². The van der Waals surface area contributed by atoms with Gasteiger partial charge in [0.15, 0.2) is 6.61 Å². The van der Waals surface area contributed by atoms with E-state index in [1.165, 1.54) is 0 Å². The third-order valence-corrected chi connectivity index (χ3v) is 2.70. The van der Waals surface area contributed by atoms with Crippen molar-refractivity contribution in [1.82, 2.24) is 0 Å². The molecule has 3 nitrogen and oxygen atoms in total. The van der Waals surface area contributed by atoms with Crippen LogP contribution in [0, 0.1) is 0 Å². The van der Waals surface area contributed by atoms with Crippen LogP contribution in [0.1, 0.15) is 0 Å². The van der Waals surface area contributed by atoms with Crippen LogP contribution < -0.4 is 10.5 Å². The molecule has 0 bridgehead atoms. The minimum absolute atomic E-state index is 0.176. The van der Waals surface area contributed by atoms with Gasteiger partial charge in [-0.25, -0.2) is 0 Å². The Hall–Kier alpha value is -2.00. The highest BCUT2D eigenvalue weighted by atomic mass is 35.5. The van der Waals surface area contributed by atoms with Gasteiger partial charge in [-0.15, -0.1) is 0 Å². The molecule has 0 radical (unpaired) electrons. The lowest BCUT2D eigenvalue weighted by atomic mass is 10.1. The number of hydrogen-bond acceptors (Lipinski definition) is 2. The summed E-state index contributed by atoms with van der Waals surface area (Å²) in [6.07, 6.45) is 0. The van der Waals surface area contributed by atoms with E-state index >= 15 is 0 Å². The first-order valence-electron chi connectivity index (χ1n) is 5.43. The SMILES string of the molecule is NC(=O)COc1ccc(-c2ccccc2)cc1Cl. The summed E-state index contributed by atoms with van der Waals surface area (Å²) in [7, 11) is 0. The molecule has 0 saturated carbocycles. The van der Waals surface area contributed by atoms with Crippen molar-refractivity contribution in [2.45, 2.75) is 0 Å². The van der Waals surface area contributed by atoms with E-state index < -0.39 is 5.91 Å². The lowest BCUT2D eigenvalue weighted by Crippen LogP contribution is -2.20. The molecular formula is C14H12ClNO2. The molecule has 0 spiro atoms. The Balaban J connectivity index is 2.22. The van der Waals surface area contributed by atoms with Crippen molar-refractivity contribution in [3.05, 3.63) is 53.6 Å². The summed E-state index contributed by atoms with van der Waals surface area (Å²) in [6.45, 7) is -0.176. The maximum absolute atomic E-state index is 10.6. The van der Waals surface area contributed by atoms with Gasteiger partial charge < -0.3 is 10.5 Å². The number of carbonyl (C=O) groups excluding carboxylic acids is 1. The Morgan fingerprint density at radius 2 is 1.83 bits per heavy atom. The van der Waals surface area contributed by atoms with Crippen molar-refractivity contribution in [2.24, 2.45) is 5.73 Å². The Bertz CT molecular complexity index is 555. The molecule has 0 atom stereocenters. The van der Waals surface area contributed by atoms with E-state index in [0.29, 0.717) is 10.8 Å². The highest BCUT2D eigenvalue weighted by Crippen LogP contribution is 2.30. The summed E-state index contributed by atoms with van der Waals surface area (Å²) < 4.78 is 5.18. The Morgan fingerprint density at radius 1 is 1.11 bits per heavy atom. The van der Waals surface area contributed by atoms with Crippen molar-refractivity contribution in [2.75, 3.05) is 6.61 Å². The first kappa shape index (κ1) is 12.5. The molecule has 18 heavy (non-hydrogen) atoms. The topological polar surface area (TPSA) is 52.3 Å². The third kappa shape index (κ3) is 3.02. The molecule has 0 aromatic heterocycles. The van der Waals surface area contributed by atoms with Crippen molar-refractivity contribution in [3.63, 3.8) is 0 Å². The predicted molar refractivity (Wildman–Crippen MR) is 71.6 cm³/mol. The molecule has 4 heteroatoms. The van der Waals surface area contributed by atoms with Crippen molar-refractivity contribution < 1.29 is 9.53 Å². The molecule has 1 amide bonds. The Labute approximate surface area is 110 Å². The van der Waals surface area contributed by atoms with Crippen LogP contribution in [0.3, 0.4) is 0 Å². The molecule has 0 fully saturated rings. The van der Waals surface area contributed by atoms with Crippen LogP contribution in [0.15, 0.2) is 48.5 Å². The summed E-state index contributed by atoms with van der Waals surface area (Å²) >= 11 is 6.09. The molecule has 0 aliphatic heterocycles. The van der Waals surface area contributed by atoms with Crippen LogP contribution in [0.2, 0.25) is 5.02 Å². The van der Waals surface area contributed by atoms with E-state index in [9.17, 15) is 4.79 Å². The largest absolute Gasteiger partial charge is 0.482 e. The molecule has 0 unspecified atom stereocenters. The molecule has 2 N–H and O–H groups in total. The second-order valence-electron chi connectivity index (χ2n) is 3.77. The first-order valence-corrected chi connectivity index (χ1v) is 5.80. The first-order chi connectivity index (χ1) is 8.66. The van der Waals surface area contributed by atoms with Crippen LogP contribution in [-0.4, -0.2) is 12.5 Å². The van der Waals surface area contributed by atoms with Gasteiger partial charge in [0, 0.05) is 0 Å². The molecule has 0 aliphatic rings. The van der Waals surface area contributed by atoms with Crippen molar-refractivity contribution in [3.8, 4) is 16.9 Å². The number of amides is 1. The van der Waals surface area contributed by atoms with E-state index in [0.717, 1.165) is 11.1 Å². The van der Waals surface area contributed by atoms with Crippen molar-refractivity contribution in [1.29, 1.82) is 0 Å². The van der Waals surface area contributed by atoms with Gasteiger partial charge in [0.25, 0.3) is 5.91 Å². The van der Waals surface area contributed by atoms with Crippen LogP contribution in [-0.2, 0) is 4.79 Å². The lowest BCUT2D eigenvalue weighted by molar-refractivity contribution is -0.119. The van der Waals surface area contributed by atoms with Gasteiger partial charge in [-0.1, -0.05) is 48.0 Å². The Kier molecular flexibility index (Phi) is 3.85. The number of hydrogen-bond donors (Lipinski definition) is 1. The smallest absolute Gasteiger partial charge is 0.255 e. The summed E-state index contributed by atoms with van der Waals surface area (Å²) in [5.74, 6) is -0.0756. The van der Waals surface area contributed by atoms with E-state index in [1.54, 1.807) is 12.1 Å². The van der Waals surface area contributed by atoms with Crippen LogP contribution in [0.5, 0.6) is 5.75 Å². The van der Waals surface area contributed by atoms with Gasteiger partial charge in [0.05, 0.1) is 5.02 Å². The molecule has 2 aromatic rings. The maximum Gasteiger partial charge on any atom is 0.255 e. The molecule has 2 rings (SSSR count). The number of nitrogens with two attached hydrogens (primary N) is 1. The molecule has 0 saturated heterocycles. The second-order valence-corrected chi connectivity index (χ2v) is 4.17. The number of benzene rings is 2. The van der Waals surface area contributed by atoms with E-state index in [1.807, 2.05) is 36.4 Å². The van der Waals surface area contributed by atoms with E-state index in [2.05, 4.69) is 0 Å². The number of primary amides is 1. The zero-order chi connectivity index (χ0) is 13.0.